The molecule has 1 aliphatic carbocycles. The number of nitrogens with one attached hydrogen (secondary N) is 1. The lowest BCUT2D eigenvalue weighted by molar-refractivity contribution is 0.0702. The third-order valence-electron chi connectivity index (χ3n) is 5.43. The van der Waals surface area contributed by atoms with Crippen molar-refractivity contribution in [1.29, 1.82) is 0 Å². The average molecular weight is 494 g/mol. The van der Waals surface area contributed by atoms with Gasteiger partial charge in [-0.3, -0.25) is 5.32 Å². The van der Waals surface area contributed by atoms with Crippen molar-refractivity contribution in [2.24, 2.45) is 0 Å². The van der Waals surface area contributed by atoms with E-state index in [0.29, 0.717) is 10.2 Å². The van der Waals surface area contributed by atoms with Crippen LogP contribution in [-0.2, 0) is 4.74 Å². The van der Waals surface area contributed by atoms with Crippen molar-refractivity contribution in [3.63, 3.8) is 0 Å². The summed E-state index contributed by atoms with van der Waals surface area (Å²) in [6, 6.07) is 21.5. The van der Waals surface area contributed by atoms with Gasteiger partial charge in [0.2, 0.25) is 0 Å². The van der Waals surface area contributed by atoms with Gasteiger partial charge in [-0.05, 0) is 56.4 Å². The van der Waals surface area contributed by atoms with E-state index < -0.39 is 12.1 Å². The second kappa shape index (κ2) is 7.83. The summed E-state index contributed by atoms with van der Waals surface area (Å²) in [6.45, 7) is 0.224. The lowest BCUT2D eigenvalue weighted by atomic mass is 9.98. The molecule has 7 heteroatoms. The SMILES string of the molecule is O=C(Nc1ccc2sc(C(=O)O)cc2c1Br)OCC1c2ccccc2-c2ccccc21. The predicted octanol–water partition coefficient (Wildman–Crippen LogP) is 6.72. The van der Waals surface area contributed by atoms with E-state index in [9.17, 15) is 14.7 Å². The summed E-state index contributed by atoms with van der Waals surface area (Å²) in [5, 5.41) is 12.7. The molecule has 0 radical (unpaired) electrons. The molecule has 0 unspecified atom stereocenters. The van der Waals surface area contributed by atoms with Crippen LogP contribution in [0.2, 0.25) is 0 Å². The zero-order valence-corrected chi connectivity index (χ0v) is 18.5. The van der Waals surface area contributed by atoms with Gasteiger partial charge >= 0.3 is 12.1 Å². The fraction of sp³-hybridized carbons (Fsp3) is 0.0833. The fourth-order valence-corrected chi connectivity index (χ4v) is 5.62. The Balaban J connectivity index is 1.34. The number of aromatic carboxylic acids is 1. The molecule has 0 bridgehead atoms. The van der Waals surface area contributed by atoms with Crippen LogP contribution >= 0.6 is 27.3 Å². The molecule has 1 aliphatic rings. The first kappa shape index (κ1) is 19.8. The van der Waals surface area contributed by atoms with Gasteiger partial charge in [-0.2, -0.15) is 0 Å². The summed E-state index contributed by atoms with van der Waals surface area (Å²) < 4.78 is 7.04. The molecule has 3 aromatic carbocycles. The van der Waals surface area contributed by atoms with Gasteiger partial charge in [0.1, 0.15) is 11.5 Å². The minimum absolute atomic E-state index is 0.0148. The monoisotopic (exact) mass is 493 g/mol. The maximum Gasteiger partial charge on any atom is 0.411 e. The number of fused-ring (bicyclic) bond motifs is 4. The van der Waals surface area contributed by atoms with Crippen LogP contribution in [0.15, 0.2) is 71.2 Å². The summed E-state index contributed by atoms with van der Waals surface area (Å²) in [7, 11) is 0. The molecule has 0 spiro atoms. The lowest BCUT2D eigenvalue weighted by Crippen LogP contribution is -2.18. The number of hydrogen-bond donors (Lipinski definition) is 2. The Kier molecular flexibility index (Phi) is 5.00. The van der Waals surface area contributed by atoms with E-state index in [1.54, 1.807) is 18.2 Å². The van der Waals surface area contributed by atoms with E-state index in [0.717, 1.165) is 21.2 Å². The van der Waals surface area contributed by atoms with Gasteiger partial charge in [-0.15, -0.1) is 11.3 Å². The lowest BCUT2D eigenvalue weighted by Gasteiger charge is -2.15. The molecule has 4 aromatic rings. The number of halogens is 1. The van der Waals surface area contributed by atoms with Gasteiger partial charge in [0, 0.05) is 20.5 Å². The van der Waals surface area contributed by atoms with Crippen molar-refractivity contribution >= 4 is 55.1 Å². The molecule has 2 N–H and O–H groups in total. The first-order valence-electron chi connectivity index (χ1n) is 9.60. The standard InChI is InChI=1S/C24H16BrNO4S/c25-22-17-11-21(23(27)28)31-20(17)10-9-19(22)26-24(29)30-12-18-15-7-3-1-5-13(15)14-6-2-4-8-16(14)18/h1-11,18H,12H2,(H,26,29)(H,27,28). The third kappa shape index (κ3) is 3.49. The molecule has 5 rings (SSSR count). The fourth-order valence-electron chi connectivity index (χ4n) is 4.02. The average Bonchev–Trinajstić information content (AvgIpc) is 3.35. The minimum atomic E-state index is -0.973. The molecule has 1 heterocycles. The number of ether oxygens (including phenoxy) is 1. The quantitative estimate of drug-likeness (QED) is 0.330. The third-order valence-corrected chi connectivity index (χ3v) is 7.37. The Bertz CT molecular complexity index is 1300. The predicted molar refractivity (Wildman–Crippen MR) is 125 cm³/mol. The number of carbonyl (C=O) groups excluding carboxylic acids is 1. The van der Waals surface area contributed by atoms with Crippen LogP contribution in [0, 0.1) is 0 Å². The van der Waals surface area contributed by atoms with Crippen molar-refractivity contribution in [1.82, 2.24) is 0 Å². The molecule has 0 fully saturated rings. The van der Waals surface area contributed by atoms with Crippen LogP contribution in [0.25, 0.3) is 21.2 Å². The number of hydrogen-bond acceptors (Lipinski definition) is 4. The zero-order valence-electron chi connectivity index (χ0n) is 16.1. The smallest absolute Gasteiger partial charge is 0.411 e. The maximum absolute atomic E-state index is 12.5. The summed E-state index contributed by atoms with van der Waals surface area (Å²) >= 11 is 4.66. The maximum atomic E-state index is 12.5. The van der Waals surface area contributed by atoms with E-state index in [1.807, 2.05) is 24.3 Å². The Morgan fingerprint density at radius 2 is 1.65 bits per heavy atom. The van der Waals surface area contributed by atoms with E-state index in [4.69, 9.17) is 4.74 Å². The first-order valence-corrected chi connectivity index (χ1v) is 11.2. The normalized spacial score (nSPS) is 12.4. The number of carbonyl (C=O) groups is 2. The molecule has 0 saturated heterocycles. The van der Waals surface area contributed by atoms with Crippen LogP contribution in [0.3, 0.4) is 0 Å². The summed E-state index contributed by atoms with van der Waals surface area (Å²) in [4.78, 5) is 24.0. The molecule has 5 nitrogen and oxygen atoms in total. The van der Waals surface area contributed by atoms with Gasteiger partial charge in [0.15, 0.2) is 0 Å². The highest BCUT2D eigenvalue weighted by Gasteiger charge is 2.29. The van der Waals surface area contributed by atoms with Crippen molar-refractivity contribution in [2.45, 2.75) is 5.92 Å². The van der Waals surface area contributed by atoms with Gasteiger partial charge in [-0.1, -0.05) is 48.5 Å². The molecular formula is C24H16BrNO4S. The van der Waals surface area contributed by atoms with Crippen LogP contribution in [0.5, 0.6) is 0 Å². The van der Waals surface area contributed by atoms with Crippen molar-refractivity contribution in [3.8, 4) is 11.1 Å². The zero-order chi connectivity index (χ0) is 21.5. The number of carboxylic acids is 1. The van der Waals surface area contributed by atoms with E-state index >= 15 is 0 Å². The summed E-state index contributed by atoms with van der Waals surface area (Å²) in [6.07, 6.45) is -0.560. The number of anilines is 1. The van der Waals surface area contributed by atoms with Crippen LogP contribution in [0.1, 0.15) is 26.7 Å². The second-order valence-corrected chi connectivity index (χ2v) is 9.08. The highest BCUT2D eigenvalue weighted by Crippen LogP contribution is 2.44. The Morgan fingerprint density at radius 3 is 2.29 bits per heavy atom. The van der Waals surface area contributed by atoms with E-state index in [1.165, 1.54) is 22.5 Å². The molecule has 1 aromatic heterocycles. The molecule has 31 heavy (non-hydrogen) atoms. The number of rotatable bonds is 4. The summed E-state index contributed by atoms with van der Waals surface area (Å²) in [5.74, 6) is -0.988. The Hall–Kier alpha value is -3.16. The molecule has 154 valence electrons. The van der Waals surface area contributed by atoms with Crippen molar-refractivity contribution in [2.75, 3.05) is 11.9 Å². The molecular weight excluding hydrogens is 478 g/mol. The number of thiophene rings is 1. The van der Waals surface area contributed by atoms with Crippen LogP contribution in [-0.4, -0.2) is 23.8 Å². The van der Waals surface area contributed by atoms with Gasteiger partial charge in [0.25, 0.3) is 0 Å². The summed E-state index contributed by atoms with van der Waals surface area (Å²) in [5.41, 5.74) is 5.18. The van der Waals surface area contributed by atoms with Gasteiger partial charge in [0.05, 0.1) is 5.69 Å². The van der Waals surface area contributed by atoms with E-state index in [2.05, 4.69) is 45.5 Å². The van der Waals surface area contributed by atoms with Crippen molar-refractivity contribution < 1.29 is 19.4 Å². The van der Waals surface area contributed by atoms with Crippen LogP contribution in [0.4, 0.5) is 10.5 Å². The Labute approximate surface area is 190 Å². The van der Waals surface area contributed by atoms with Gasteiger partial charge in [-0.25, -0.2) is 9.59 Å². The minimum Gasteiger partial charge on any atom is -0.477 e. The number of amides is 1. The number of carboxylic acid groups (broad SMARTS) is 1. The highest BCUT2D eigenvalue weighted by molar-refractivity contribution is 9.10. The largest absolute Gasteiger partial charge is 0.477 e. The highest BCUT2D eigenvalue weighted by atomic mass is 79.9. The molecule has 0 aliphatic heterocycles. The first-order chi connectivity index (χ1) is 15.0. The van der Waals surface area contributed by atoms with Gasteiger partial charge < -0.3 is 9.84 Å². The van der Waals surface area contributed by atoms with Crippen molar-refractivity contribution in [3.05, 3.63) is 87.2 Å². The van der Waals surface area contributed by atoms with E-state index in [-0.39, 0.29) is 17.4 Å². The molecule has 0 saturated carbocycles. The molecule has 0 atom stereocenters. The topological polar surface area (TPSA) is 75.6 Å². The second-order valence-electron chi connectivity index (χ2n) is 7.21. The number of benzene rings is 3. The molecule has 1 amide bonds. The van der Waals surface area contributed by atoms with Crippen LogP contribution < -0.4 is 5.32 Å². The Morgan fingerprint density at radius 1 is 1.00 bits per heavy atom.